The molecular formula is C20H27FN4. The lowest BCUT2D eigenvalue weighted by Gasteiger charge is -2.20. The Morgan fingerprint density at radius 1 is 1.08 bits per heavy atom. The van der Waals surface area contributed by atoms with Gasteiger partial charge < -0.3 is 16.4 Å². The summed E-state index contributed by atoms with van der Waals surface area (Å²) in [7, 11) is 0. The molecule has 1 heterocycles. The number of pyridine rings is 1. The standard InChI is InChI=1S/C20H27FN4/c1-11(2)15(6)23-20-18(21)10-17(14(5)22)19(25-20)24-16-8-12(3)7-13(4)9-16/h7-11,15H,5,22H2,1-4,6H3,(H2,23,24,25). The van der Waals surface area contributed by atoms with Gasteiger partial charge in [0.05, 0.1) is 0 Å². The number of aryl methyl sites for hydroxylation is 2. The third-order valence-electron chi connectivity index (χ3n) is 4.17. The van der Waals surface area contributed by atoms with E-state index in [1.807, 2.05) is 32.9 Å². The van der Waals surface area contributed by atoms with E-state index in [1.54, 1.807) is 0 Å². The molecule has 134 valence electrons. The van der Waals surface area contributed by atoms with Crippen molar-refractivity contribution in [3.63, 3.8) is 0 Å². The quantitative estimate of drug-likeness (QED) is 0.694. The van der Waals surface area contributed by atoms with Crippen molar-refractivity contribution in [1.82, 2.24) is 4.98 Å². The van der Waals surface area contributed by atoms with Crippen molar-refractivity contribution >= 4 is 23.0 Å². The Morgan fingerprint density at radius 3 is 2.20 bits per heavy atom. The second kappa shape index (κ2) is 7.55. The number of anilines is 3. The third kappa shape index (κ3) is 4.72. The van der Waals surface area contributed by atoms with Crippen LogP contribution in [0.5, 0.6) is 0 Å². The molecule has 5 heteroatoms. The number of hydrogen-bond donors (Lipinski definition) is 3. The van der Waals surface area contributed by atoms with Crippen LogP contribution in [0.1, 0.15) is 37.5 Å². The van der Waals surface area contributed by atoms with Crippen LogP contribution in [0.2, 0.25) is 0 Å². The average molecular weight is 342 g/mol. The van der Waals surface area contributed by atoms with Crippen molar-refractivity contribution in [2.45, 2.75) is 40.7 Å². The van der Waals surface area contributed by atoms with E-state index in [4.69, 9.17) is 5.73 Å². The minimum absolute atomic E-state index is 0.0861. The topological polar surface area (TPSA) is 63.0 Å². The molecule has 4 nitrogen and oxygen atoms in total. The van der Waals surface area contributed by atoms with Crippen LogP contribution < -0.4 is 16.4 Å². The third-order valence-corrected chi connectivity index (χ3v) is 4.17. The smallest absolute Gasteiger partial charge is 0.166 e. The average Bonchev–Trinajstić information content (AvgIpc) is 2.48. The molecule has 2 rings (SSSR count). The van der Waals surface area contributed by atoms with Gasteiger partial charge in [-0.2, -0.15) is 0 Å². The largest absolute Gasteiger partial charge is 0.399 e. The molecule has 1 atom stereocenters. The normalized spacial score (nSPS) is 12.1. The molecule has 0 amide bonds. The molecule has 1 aromatic carbocycles. The van der Waals surface area contributed by atoms with Crippen molar-refractivity contribution in [1.29, 1.82) is 0 Å². The Hall–Kier alpha value is -2.56. The summed E-state index contributed by atoms with van der Waals surface area (Å²) < 4.78 is 14.4. The van der Waals surface area contributed by atoms with Crippen LogP contribution in [0.4, 0.5) is 21.7 Å². The highest BCUT2D eigenvalue weighted by molar-refractivity contribution is 5.76. The van der Waals surface area contributed by atoms with Gasteiger partial charge in [-0.3, -0.25) is 0 Å². The SMILES string of the molecule is C=C(N)c1cc(F)c(NC(C)C(C)C)nc1Nc1cc(C)cc(C)c1. The van der Waals surface area contributed by atoms with Crippen molar-refractivity contribution in [3.8, 4) is 0 Å². The van der Waals surface area contributed by atoms with E-state index in [1.165, 1.54) is 6.07 Å². The molecule has 0 aliphatic carbocycles. The summed E-state index contributed by atoms with van der Waals surface area (Å²) in [6.45, 7) is 13.9. The fourth-order valence-electron chi connectivity index (χ4n) is 2.50. The van der Waals surface area contributed by atoms with Crippen molar-refractivity contribution in [2.24, 2.45) is 11.7 Å². The molecule has 1 aromatic heterocycles. The van der Waals surface area contributed by atoms with E-state index in [2.05, 4.69) is 42.1 Å². The summed E-state index contributed by atoms with van der Waals surface area (Å²) in [6, 6.07) is 7.55. The predicted molar refractivity (Wildman–Crippen MR) is 105 cm³/mol. The molecule has 0 spiro atoms. The molecule has 0 radical (unpaired) electrons. The first kappa shape index (κ1) is 18.8. The lowest BCUT2D eigenvalue weighted by molar-refractivity contribution is 0.549. The van der Waals surface area contributed by atoms with Crippen LogP contribution in [0.15, 0.2) is 30.8 Å². The number of aromatic nitrogens is 1. The molecule has 0 bridgehead atoms. The van der Waals surface area contributed by atoms with E-state index in [-0.39, 0.29) is 17.6 Å². The van der Waals surface area contributed by atoms with Crippen LogP contribution in [0.25, 0.3) is 5.70 Å². The summed E-state index contributed by atoms with van der Waals surface area (Å²) >= 11 is 0. The molecule has 2 aromatic rings. The fourth-order valence-corrected chi connectivity index (χ4v) is 2.50. The number of hydrogen-bond acceptors (Lipinski definition) is 4. The maximum absolute atomic E-state index is 14.4. The number of rotatable bonds is 6. The van der Waals surface area contributed by atoms with Crippen molar-refractivity contribution in [3.05, 3.63) is 53.4 Å². The highest BCUT2D eigenvalue weighted by atomic mass is 19.1. The van der Waals surface area contributed by atoms with E-state index in [0.29, 0.717) is 17.3 Å². The Balaban J connectivity index is 2.44. The summed E-state index contributed by atoms with van der Waals surface area (Å²) in [6.07, 6.45) is 0. The maximum Gasteiger partial charge on any atom is 0.166 e. The Morgan fingerprint density at radius 2 is 1.68 bits per heavy atom. The highest BCUT2D eigenvalue weighted by Gasteiger charge is 2.16. The molecule has 4 N–H and O–H groups in total. The van der Waals surface area contributed by atoms with Crippen LogP contribution >= 0.6 is 0 Å². The summed E-state index contributed by atoms with van der Waals surface area (Å²) in [5.41, 5.74) is 9.69. The molecule has 0 fully saturated rings. The Labute approximate surface area is 149 Å². The minimum atomic E-state index is -0.444. The number of benzene rings is 1. The number of halogens is 1. The molecule has 0 aliphatic rings. The van der Waals surface area contributed by atoms with E-state index < -0.39 is 5.82 Å². The van der Waals surface area contributed by atoms with E-state index >= 15 is 0 Å². The second-order valence-corrected chi connectivity index (χ2v) is 6.92. The van der Waals surface area contributed by atoms with Crippen molar-refractivity contribution < 1.29 is 4.39 Å². The molecular weight excluding hydrogens is 315 g/mol. The van der Waals surface area contributed by atoms with Crippen LogP contribution in [0.3, 0.4) is 0 Å². The first-order valence-corrected chi connectivity index (χ1v) is 8.44. The fraction of sp³-hybridized carbons (Fsp3) is 0.350. The molecule has 0 saturated heterocycles. The Kier molecular flexibility index (Phi) is 5.67. The lowest BCUT2D eigenvalue weighted by atomic mass is 10.1. The zero-order chi connectivity index (χ0) is 18.7. The van der Waals surface area contributed by atoms with Gasteiger partial charge in [0.2, 0.25) is 0 Å². The number of nitrogens with one attached hydrogen (secondary N) is 2. The summed E-state index contributed by atoms with van der Waals surface area (Å²) in [5, 5.41) is 6.38. The monoisotopic (exact) mass is 342 g/mol. The van der Waals surface area contributed by atoms with Gasteiger partial charge in [0.15, 0.2) is 11.6 Å². The number of nitrogens with zero attached hydrogens (tertiary/aromatic N) is 1. The molecule has 25 heavy (non-hydrogen) atoms. The lowest BCUT2D eigenvalue weighted by Crippen LogP contribution is -2.23. The van der Waals surface area contributed by atoms with Gasteiger partial charge in [0.1, 0.15) is 5.82 Å². The van der Waals surface area contributed by atoms with Gasteiger partial charge >= 0.3 is 0 Å². The van der Waals surface area contributed by atoms with Gasteiger partial charge in [0, 0.05) is 23.0 Å². The van der Waals surface area contributed by atoms with E-state index in [9.17, 15) is 4.39 Å². The molecule has 0 saturated carbocycles. The summed E-state index contributed by atoms with van der Waals surface area (Å²) in [5.74, 6) is 0.594. The summed E-state index contributed by atoms with van der Waals surface area (Å²) in [4.78, 5) is 4.43. The first-order valence-electron chi connectivity index (χ1n) is 8.44. The van der Waals surface area contributed by atoms with E-state index in [0.717, 1.165) is 16.8 Å². The van der Waals surface area contributed by atoms with Crippen LogP contribution in [-0.4, -0.2) is 11.0 Å². The second-order valence-electron chi connectivity index (χ2n) is 6.92. The first-order chi connectivity index (χ1) is 11.7. The molecule has 0 aliphatic heterocycles. The molecule has 1 unspecified atom stereocenters. The van der Waals surface area contributed by atoms with Crippen LogP contribution in [0, 0.1) is 25.6 Å². The highest BCUT2D eigenvalue weighted by Crippen LogP contribution is 2.28. The van der Waals surface area contributed by atoms with Crippen LogP contribution in [-0.2, 0) is 0 Å². The predicted octanol–water partition coefficient (Wildman–Crippen LogP) is 4.97. The minimum Gasteiger partial charge on any atom is -0.399 e. The number of nitrogens with two attached hydrogens (primary N) is 1. The van der Waals surface area contributed by atoms with Gasteiger partial charge in [0.25, 0.3) is 0 Å². The zero-order valence-electron chi connectivity index (χ0n) is 15.6. The van der Waals surface area contributed by atoms with Gasteiger partial charge in [-0.1, -0.05) is 26.5 Å². The van der Waals surface area contributed by atoms with Crippen molar-refractivity contribution in [2.75, 3.05) is 10.6 Å². The van der Waals surface area contributed by atoms with Gasteiger partial charge in [-0.25, -0.2) is 9.37 Å². The zero-order valence-corrected chi connectivity index (χ0v) is 15.6. The maximum atomic E-state index is 14.4. The Bertz CT molecular complexity index is 763. The van der Waals surface area contributed by atoms with Gasteiger partial charge in [-0.05, 0) is 56.0 Å². The van der Waals surface area contributed by atoms with Gasteiger partial charge in [-0.15, -0.1) is 0 Å².